The van der Waals surface area contributed by atoms with Gasteiger partial charge < -0.3 is 14.4 Å². The number of carboxylic acid groups (broad SMARTS) is 1. The lowest BCUT2D eigenvalue weighted by Crippen LogP contribution is -2.48. The molecule has 1 heterocycles. The molecule has 126 valence electrons. The summed E-state index contributed by atoms with van der Waals surface area (Å²) >= 11 is 0. The van der Waals surface area contributed by atoms with Gasteiger partial charge in [-0.25, -0.2) is 0 Å². The molecular weight excluding hydrogens is 262 g/mol. The lowest BCUT2D eigenvalue weighted by atomic mass is 10.1. The monoisotopic (exact) mass is 299 g/mol. The van der Waals surface area contributed by atoms with Gasteiger partial charge in [-0.15, -0.1) is 0 Å². The molecule has 3 heteroatoms. The van der Waals surface area contributed by atoms with Crippen LogP contribution in [-0.2, 0) is 4.79 Å². The van der Waals surface area contributed by atoms with Crippen LogP contribution in [0.2, 0.25) is 0 Å². The Morgan fingerprint density at radius 2 is 1.33 bits per heavy atom. The van der Waals surface area contributed by atoms with Crippen LogP contribution in [0.15, 0.2) is 0 Å². The second kappa shape index (κ2) is 13.1. The lowest BCUT2D eigenvalue weighted by molar-refractivity contribution is -0.914. The zero-order valence-electron chi connectivity index (χ0n) is 14.7. The average molecular weight is 299 g/mol. The number of likely N-dealkylation sites (tertiary alicyclic amines) is 1. The molecule has 0 N–H and O–H groups in total. The molecule has 1 aliphatic rings. The van der Waals surface area contributed by atoms with Crippen LogP contribution < -0.4 is 5.11 Å². The Labute approximate surface area is 132 Å². The van der Waals surface area contributed by atoms with E-state index in [0.717, 1.165) is 6.92 Å². The number of carbonyl (C=O) groups excluding carboxylic acids is 1. The first kappa shape index (κ1) is 20.4. The van der Waals surface area contributed by atoms with Gasteiger partial charge in [0.2, 0.25) is 0 Å². The molecule has 1 aliphatic heterocycles. The molecule has 1 fully saturated rings. The Morgan fingerprint density at radius 1 is 0.905 bits per heavy atom. The molecule has 0 aliphatic carbocycles. The van der Waals surface area contributed by atoms with E-state index >= 15 is 0 Å². The summed E-state index contributed by atoms with van der Waals surface area (Å²) in [5.74, 6) is -1.08. The third-order valence-electron chi connectivity index (χ3n) is 4.45. The summed E-state index contributed by atoms with van der Waals surface area (Å²) in [6.45, 7) is 7.59. The Hall–Kier alpha value is -0.570. The van der Waals surface area contributed by atoms with E-state index in [1.807, 2.05) is 0 Å². The molecule has 0 atom stereocenters. The topological polar surface area (TPSA) is 40.1 Å². The fraction of sp³-hybridized carbons (Fsp3) is 0.944. The van der Waals surface area contributed by atoms with Crippen molar-refractivity contribution in [3.8, 4) is 0 Å². The maximum absolute atomic E-state index is 8.89. The van der Waals surface area contributed by atoms with Crippen molar-refractivity contribution in [2.24, 2.45) is 0 Å². The molecular formula is C18H37NO2. The van der Waals surface area contributed by atoms with Crippen LogP contribution in [0.4, 0.5) is 0 Å². The molecule has 3 nitrogen and oxygen atoms in total. The molecule has 21 heavy (non-hydrogen) atoms. The van der Waals surface area contributed by atoms with E-state index in [2.05, 4.69) is 14.0 Å². The van der Waals surface area contributed by atoms with Crippen LogP contribution in [-0.4, -0.2) is 37.1 Å². The zero-order valence-corrected chi connectivity index (χ0v) is 14.7. The van der Waals surface area contributed by atoms with Crippen molar-refractivity contribution in [3.63, 3.8) is 0 Å². The molecule has 0 aromatic rings. The quantitative estimate of drug-likeness (QED) is 0.483. The van der Waals surface area contributed by atoms with Crippen molar-refractivity contribution in [3.05, 3.63) is 0 Å². The van der Waals surface area contributed by atoms with E-state index in [4.69, 9.17) is 9.90 Å². The van der Waals surface area contributed by atoms with Gasteiger partial charge in [-0.1, -0.05) is 45.4 Å². The first-order chi connectivity index (χ1) is 10.00. The second-order valence-electron chi connectivity index (χ2n) is 6.82. The first-order valence-corrected chi connectivity index (χ1v) is 9.01. The number of carboxylic acids is 1. The largest absolute Gasteiger partial charge is 0.550 e. The second-order valence-corrected chi connectivity index (χ2v) is 6.82. The summed E-state index contributed by atoms with van der Waals surface area (Å²) in [4.78, 5) is 8.89. The predicted molar refractivity (Wildman–Crippen MR) is 87.9 cm³/mol. The van der Waals surface area contributed by atoms with E-state index in [9.17, 15) is 0 Å². The van der Waals surface area contributed by atoms with Crippen LogP contribution in [0.1, 0.15) is 84.5 Å². The van der Waals surface area contributed by atoms with Crippen molar-refractivity contribution in [2.45, 2.75) is 84.5 Å². The number of aliphatic carboxylic acids is 1. The van der Waals surface area contributed by atoms with Crippen molar-refractivity contribution < 1.29 is 14.4 Å². The highest BCUT2D eigenvalue weighted by Gasteiger charge is 2.23. The van der Waals surface area contributed by atoms with Crippen molar-refractivity contribution in [2.75, 3.05) is 26.7 Å². The number of carbonyl (C=O) groups is 1. The van der Waals surface area contributed by atoms with Crippen LogP contribution >= 0.6 is 0 Å². The Kier molecular flexibility index (Phi) is 12.8. The number of hydrogen-bond acceptors (Lipinski definition) is 2. The molecule has 1 rings (SSSR count). The lowest BCUT2D eigenvalue weighted by Gasteiger charge is -2.37. The first-order valence-electron chi connectivity index (χ1n) is 9.01. The van der Waals surface area contributed by atoms with Gasteiger partial charge in [-0.3, -0.25) is 0 Å². The van der Waals surface area contributed by atoms with Gasteiger partial charge in [0.25, 0.3) is 0 Å². The molecule has 0 aromatic heterocycles. The minimum Gasteiger partial charge on any atom is -0.550 e. The minimum atomic E-state index is -1.08. The van der Waals surface area contributed by atoms with Gasteiger partial charge in [0.1, 0.15) is 0 Å². The van der Waals surface area contributed by atoms with Crippen molar-refractivity contribution >= 4 is 5.97 Å². The maximum Gasteiger partial charge on any atom is 0.0784 e. The van der Waals surface area contributed by atoms with Gasteiger partial charge in [0.15, 0.2) is 0 Å². The van der Waals surface area contributed by atoms with Gasteiger partial charge in [0.05, 0.1) is 26.7 Å². The molecule has 0 aromatic carbocycles. The van der Waals surface area contributed by atoms with E-state index in [0.29, 0.717) is 0 Å². The standard InChI is InChI=1S/C16H34N.C2H4O2/c1-3-4-5-6-7-8-9-11-14-17(2)15-12-10-13-16-17;1-2(3)4/h3-16H2,1-2H3;1H3,(H,3,4)/q+1;/p-1. The van der Waals surface area contributed by atoms with Gasteiger partial charge in [0, 0.05) is 5.97 Å². The molecule has 0 radical (unpaired) electrons. The van der Waals surface area contributed by atoms with E-state index in [-0.39, 0.29) is 0 Å². The summed E-state index contributed by atoms with van der Waals surface area (Å²) in [6, 6.07) is 0. The number of piperidine rings is 1. The van der Waals surface area contributed by atoms with Crippen LogP contribution in [0.5, 0.6) is 0 Å². The highest BCUT2D eigenvalue weighted by molar-refractivity contribution is 5.60. The normalized spacial score (nSPS) is 16.9. The van der Waals surface area contributed by atoms with Crippen molar-refractivity contribution in [1.29, 1.82) is 0 Å². The zero-order chi connectivity index (χ0) is 16.0. The highest BCUT2D eigenvalue weighted by Crippen LogP contribution is 2.18. The van der Waals surface area contributed by atoms with Gasteiger partial charge >= 0.3 is 0 Å². The summed E-state index contributed by atoms with van der Waals surface area (Å²) in [5, 5.41) is 8.89. The van der Waals surface area contributed by atoms with E-state index in [1.165, 1.54) is 94.7 Å². The Morgan fingerprint density at radius 3 is 1.81 bits per heavy atom. The average Bonchev–Trinajstić information content (AvgIpc) is 2.42. The fourth-order valence-corrected chi connectivity index (χ4v) is 3.13. The van der Waals surface area contributed by atoms with E-state index in [1.54, 1.807) is 0 Å². The number of rotatable bonds is 9. The van der Waals surface area contributed by atoms with Crippen LogP contribution in [0.25, 0.3) is 0 Å². The minimum absolute atomic E-state index is 0.972. The van der Waals surface area contributed by atoms with Gasteiger partial charge in [-0.2, -0.15) is 0 Å². The summed E-state index contributed by atoms with van der Waals surface area (Å²) in [5.41, 5.74) is 0. The Bertz CT molecular complexity index is 244. The highest BCUT2D eigenvalue weighted by atomic mass is 16.4. The van der Waals surface area contributed by atoms with Crippen molar-refractivity contribution in [1.82, 2.24) is 0 Å². The summed E-state index contributed by atoms with van der Waals surface area (Å²) in [7, 11) is 2.47. The maximum atomic E-state index is 8.89. The predicted octanol–water partition coefficient (Wildman–Crippen LogP) is 3.51. The molecule has 0 saturated carbocycles. The molecule has 1 saturated heterocycles. The smallest absolute Gasteiger partial charge is 0.0784 e. The Balaban J connectivity index is 0.000000885. The number of unbranched alkanes of at least 4 members (excludes halogenated alkanes) is 7. The third-order valence-corrected chi connectivity index (χ3v) is 4.45. The summed E-state index contributed by atoms with van der Waals surface area (Å²) < 4.78 is 1.37. The van der Waals surface area contributed by atoms with Gasteiger partial charge in [-0.05, 0) is 39.0 Å². The molecule has 0 amide bonds. The third kappa shape index (κ3) is 14.1. The molecule has 0 bridgehead atoms. The number of hydrogen-bond donors (Lipinski definition) is 0. The van der Waals surface area contributed by atoms with Crippen LogP contribution in [0.3, 0.4) is 0 Å². The van der Waals surface area contributed by atoms with E-state index < -0.39 is 5.97 Å². The van der Waals surface area contributed by atoms with Crippen LogP contribution in [0, 0.1) is 0 Å². The SMILES string of the molecule is CC(=O)[O-].CCCCCCCCCC[N+]1(C)CCCCC1. The molecule has 0 spiro atoms. The number of nitrogens with zero attached hydrogens (tertiary/aromatic N) is 1. The molecule has 0 unspecified atom stereocenters. The number of quaternary nitrogens is 1. The summed E-state index contributed by atoms with van der Waals surface area (Å²) in [6.07, 6.45) is 16.0. The fourth-order valence-electron chi connectivity index (χ4n) is 3.13.